The summed E-state index contributed by atoms with van der Waals surface area (Å²) >= 11 is 0. The molecule has 0 saturated heterocycles. The fraction of sp³-hybridized carbons (Fsp3) is 0.600. The summed E-state index contributed by atoms with van der Waals surface area (Å²) in [5, 5.41) is 14.2. The van der Waals surface area contributed by atoms with Gasteiger partial charge in [-0.2, -0.15) is 0 Å². The molecule has 19 heavy (non-hydrogen) atoms. The van der Waals surface area contributed by atoms with Gasteiger partial charge in [-0.15, -0.1) is 0 Å². The molecule has 0 heterocycles. The third-order valence-corrected chi connectivity index (χ3v) is 3.96. The zero-order chi connectivity index (χ0) is 13.5. The third kappa shape index (κ3) is 4.31. The molecule has 4 nitrogen and oxygen atoms in total. The van der Waals surface area contributed by atoms with Crippen molar-refractivity contribution in [3.8, 4) is 0 Å². The predicted molar refractivity (Wildman–Crippen MR) is 76.0 cm³/mol. The van der Waals surface area contributed by atoms with E-state index >= 15 is 0 Å². The lowest BCUT2D eigenvalue weighted by atomic mass is 9.87. The summed E-state index contributed by atoms with van der Waals surface area (Å²) in [6.07, 6.45) is 8.03. The van der Waals surface area contributed by atoms with E-state index in [4.69, 9.17) is 0 Å². The van der Waals surface area contributed by atoms with Crippen molar-refractivity contribution in [2.45, 2.75) is 45.1 Å². The standard InChI is InChI=1S/C15H22N2O2/c18-17(19)15-9-5-4-8-14(15)12-16-11-10-13-6-2-1-3-7-13/h4-5,8-9,13,16H,1-3,6-7,10-12H2. The van der Waals surface area contributed by atoms with Gasteiger partial charge < -0.3 is 5.32 Å². The number of nitro benzene ring substituents is 1. The van der Waals surface area contributed by atoms with Crippen LogP contribution in [0.5, 0.6) is 0 Å². The van der Waals surface area contributed by atoms with Crippen LogP contribution in [-0.4, -0.2) is 11.5 Å². The van der Waals surface area contributed by atoms with Crippen LogP contribution in [0.1, 0.15) is 44.1 Å². The average Bonchev–Trinajstić information content (AvgIpc) is 2.45. The maximum absolute atomic E-state index is 10.9. The van der Waals surface area contributed by atoms with Gasteiger partial charge in [-0.1, -0.05) is 50.3 Å². The number of para-hydroxylation sites is 1. The number of hydrogen-bond acceptors (Lipinski definition) is 3. The first kappa shape index (κ1) is 14.0. The second-order valence-electron chi connectivity index (χ2n) is 5.36. The normalized spacial score (nSPS) is 16.4. The smallest absolute Gasteiger partial charge is 0.273 e. The SMILES string of the molecule is O=[N+]([O-])c1ccccc1CNCCC1CCCCC1. The minimum Gasteiger partial charge on any atom is -0.312 e. The molecule has 1 aliphatic carbocycles. The Morgan fingerprint density at radius 3 is 2.68 bits per heavy atom. The van der Waals surface area contributed by atoms with Crippen molar-refractivity contribution in [2.75, 3.05) is 6.54 Å². The Labute approximate surface area is 114 Å². The van der Waals surface area contributed by atoms with Crippen molar-refractivity contribution < 1.29 is 4.92 Å². The van der Waals surface area contributed by atoms with Gasteiger partial charge in [0.15, 0.2) is 0 Å². The summed E-state index contributed by atoms with van der Waals surface area (Å²) in [5.41, 5.74) is 0.990. The van der Waals surface area contributed by atoms with Crippen LogP contribution in [0.15, 0.2) is 24.3 Å². The molecule has 1 N–H and O–H groups in total. The molecular formula is C15H22N2O2. The van der Waals surface area contributed by atoms with Crippen LogP contribution < -0.4 is 5.32 Å². The predicted octanol–water partition coefficient (Wildman–Crippen LogP) is 3.65. The Morgan fingerprint density at radius 2 is 1.95 bits per heavy atom. The molecule has 4 heteroatoms. The van der Waals surface area contributed by atoms with Crippen LogP contribution in [0, 0.1) is 16.0 Å². The number of nitrogens with one attached hydrogen (secondary N) is 1. The largest absolute Gasteiger partial charge is 0.312 e. The topological polar surface area (TPSA) is 55.2 Å². The van der Waals surface area contributed by atoms with Gasteiger partial charge in [-0.25, -0.2) is 0 Å². The van der Waals surface area contributed by atoms with Crippen molar-refractivity contribution in [2.24, 2.45) is 5.92 Å². The number of hydrogen-bond donors (Lipinski definition) is 1. The van der Waals surface area contributed by atoms with E-state index in [0.717, 1.165) is 18.0 Å². The maximum atomic E-state index is 10.9. The van der Waals surface area contributed by atoms with Crippen LogP contribution in [0.3, 0.4) is 0 Å². The van der Waals surface area contributed by atoms with E-state index < -0.39 is 0 Å². The summed E-state index contributed by atoms with van der Waals surface area (Å²) in [4.78, 5) is 10.6. The van der Waals surface area contributed by atoms with E-state index in [1.807, 2.05) is 12.1 Å². The van der Waals surface area contributed by atoms with Crippen LogP contribution >= 0.6 is 0 Å². The highest BCUT2D eigenvalue weighted by molar-refractivity contribution is 5.39. The molecule has 1 fully saturated rings. The van der Waals surface area contributed by atoms with Crippen molar-refractivity contribution in [3.05, 3.63) is 39.9 Å². The molecule has 0 radical (unpaired) electrons. The van der Waals surface area contributed by atoms with Gasteiger partial charge in [-0.05, 0) is 18.9 Å². The lowest BCUT2D eigenvalue weighted by Gasteiger charge is -2.21. The number of benzene rings is 1. The van der Waals surface area contributed by atoms with E-state index in [0.29, 0.717) is 6.54 Å². The summed E-state index contributed by atoms with van der Waals surface area (Å²) in [6.45, 7) is 1.54. The van der Waals surface area contributed by atoms with Crippen molar-refractivity contribution >= 4 is 5.69 Å². The van der Waals surface area contributed by atoms with Crippen LogP contribution in [-0.2, 0) is 6.54 Å². The molecule has 0 bridgehead atoms. The van der Waals surface area contributed by atoms with Crippen LogP contribution in [0.2, 0.25) is 0 Å². The fourth-order valence-corrected chi connectivity index (χ4v) is 2.84. The quantitative estimate of drug-likeness (QED) is 0.483. The zero-order valence-corrected chi connectivity index (χ0v) is 11.3. The highest BCUT2D eigenvalue weighted by atomic mass is 16.6. The molecule has 0 unspecified atom stereocenters. The Balaban J connectivity index is 1.74. The summed E-state index contributed by atoms with van der Waals surface area (Å²) in [5.74, 6) is 0.854. The minimum atomic E-state index is -0.307. The van der Waals surface area contributed by atoms with Gasteiger partial charge in [-0.3, -0.25) is 10.1 Å². The minimum absolute atomic E-state index is 0.215. The van der Waals surface area contributed by atoms with Crippen molar-refractivity contribution in [1.82, 2.24) is 5.32 Å². The average molecular weight is 262 g/mol. The third-order valence-electron chi connectivity index (χ3n) is 3.96. The molecule has 1 aromatic rings. The van der Waals surface area contributed by atoms with Crippen molar-refractivity contribution in [1.29, 1.82) is 0 Å². The molecule has 0 aliphatic heterocycles. The molecule has 0 atom stereocenters. The van der Waals surface area contributed by atoms with Gasteiger partial charge in [0.2, 0.25) is 0 Å². The van der Waals surface area contributed by atoms with Gasteiger partial charge in [0.25, 0.3) is 5.69 Å². The molecule has 0 aromatic heterocycles. The Morgan fingerprint density at radius 1 is 1.21 bits per heavy atom. The Hall–Kier alpha value is -1.42. The van der Waals surface area contributed by atoms with Crippen LogP contribution in [0.4, 0.5) is 5.69 Å². The lowest BCUT2D eigenvalue weighted by Crippen LogP contribution is -2.19. The molecule has 0 amide bonds. The van der Waals surface area contributed by atoms with Crippen molar-refractivity contribution in [3.63, 3.8) is 0 Å². The Bertz CT molecular complexity index is 414. The van der Waals surface area contributed by atoms with Gasteiger partial charge >= 0.3 is 0 Å². The number of nitrogens with zero attached hydrogens (tertiary/aromatic N) is 1. The maximum Gasteiger partial charge on any atom is 0.273 e. The van der Waals surface area contributed by atoms with Crippen LogP contribution in [0.25, 0.3) is 0 Å². The van der Waals surface area contributed by atoms with E-state index in [1.54, 1.807) is 12.1 Å². The molecule has 0 spiro atoms. The van der Waals surface area contributed by atoms with E-state index in [2.05, 4.69) is 5.32 Å². The molecule has 2 rings (SSSR count). The first-order valence-corrected chi connectivity index (χ1v) is 7.20. The summed E-state index contributed by atoms with van der Waals surface area (Å²) < 4.78 is 0. The van der Waals surface area contributed by atoms with Gasteiger partial charge in [0, 0.05) is 18.2 Å². The summed E-state index contributed by atoms with van der Waals surface area (Å²) in [7, 11) is 0. The highest BCUT2D eigenvalue weighted by Crippen LogP contribution is 2.25. The van der Waals surface area contributed by atoms with E-state index in [1.165, 1.54) is 38.5 Å². The second kappa shape index (κ2) is 7.24. The first-order chi connectivity index (χ1) is 9.27. The zero-order valence-electron chi connectivity index (χ0n) is 11.3. The molecule has 1 saturated carbocycles. The number of rotatable bonds is 6. The molecule has 1 aliphatic rings. The van der Waals surface area contributed by atoms with Gasteiger partial charge in [0.1, 0.15) is 0 Å². The van der Waals surface area contributed by atoms with Gasteiger partial charge in [0.05, 0.1) is 4.92 Å². The number of nitro groups is 1. The summed E-state index contributed by atoms with van der Waals surface area (Å²) in [6, 6.07) is 6.96. The highest BCUT2D eigenvalue weighted by Gasteiger charge is 2.14. The van der Waals surface area contributed by atoms with E-state index in [9.17, 15) is 10.1 Å². The first-order valence-electron chi connectivity index (χ1n) is 7.20. The monoisotopic (exact) mass is 262 g/mol. The molecular weight excluding hydrogens is 240 g/mol. The second-order valence-corrected chi connectivity index (χ2v) is 5.36. The molecule has 1 aromatic carbocycles. The van der Waals surface area contributed by atoms with E-state index in [-0.39, 0.29) is 10.6 Å². The molecule has 104 valence electrons. The fourth-order valence-electron chi connectivity index (χ4n) is 2.84. The lowest BCUT2D eigenvalue weighted by molar-refractivity contribution is -0.385. The Kier molecular flexibility index (Phi) is 5.33.